The van der Waals surface area contributed by atoms with E-state index in [2.05, 4.69) is 5.32 Å². The van der Waals surface area contributed by atoms with E-state index >= 15 is 0 Å². The molecule has 0 unspecified atom stereocenters. The molecule has 1 N–H and O–H groups in total. The number of benzene rings is 2. The molecule has 0 radical (unpaired) electrons. The number of nitrogens with zero attached hydrogens (tertiary/aromatic N) is 1. The quantitative estimate of drug-likeness (QED) is 0.794. The number of nitrogens with one attached hydrogen (secondary N) is 1. The molecule has 2 nitrogen and oxygen atoms in total. The van der Waals surface area contributed by atoms with Crippen molar-refractivity contribution in [3.05, 3.63) is 71.0 Å². The number of halogens is 3. The van der Waals surface area contributed by atoms with Crippen LogP contribution in [0.4, 0.5) is 13.2 Å². The molecule has 0 saturated carbocycles. The van der Waals surface area contributed by atoms with Crippen LogP contribution >= 0.6 is 24.0 Å². The van der Waals surface area contributed by atoms with Gasteiger partial charge in [-0.05, 0) is 24.2 Å². The van der Waals surface area contributed by atoms with Crippen LogP contribution in [0.5, 0.6) is 0 Å². The zero-order valence-electron chi connectivity index (χ0n) is 13.3. The van der Waals surface area contributed by atoms with E-state index < -0.39 is 22.8 Å². The van der Waals surface area contributed by atoms with Crippen LogP contribution in [0.3, 0.4) is 0 Å². The molecule has 0 aromatic heterocycles. The minimum atomic E-state index is -0.920. The van der Waals surface area contributed by atoms with Gasteiger partial charge in [0.1, 0.15) is 22.8 Å². The lowest BCUT2D eigenvalue weighted by molar-refractivity contribution is 0.411. The molecular weight excluding hydrogens is 365 g/mol. The summed E-state index contributed by atoms with van der Waals surface area (Å²) in [4.78, 5) is 1.75. The van der Waals surface area contributed by atoms with E-state index in [9.17, 15) is 13.2 Å². The maximum atomic E-state index is 14.1. The Labute approximate surface area is 154 Å². The Morgan fingerprint density at radius 1 is 1.16 bits per heavy atom. The molecule has 0 aliphatic carbocycles. The predicted molar refractivity (Wildman–Crippen MR) is 99.0 cm³/mol. The molecule has 1 heterocycles. The molecule has 2 aromatic rings. The van der Waals surface area contributed by atoms with Crippen LogP contribution in [0.2, 0.25) is 0 Å². The Kier molecular flexibility index (Phi) is 5.86. The van der Waals surface area contributed by atoms with Gasteiger partial charge in [0.15, 0.2) is 5.11 Å². The molecule has 1 atom stereocenters. The molecule has 0 amide bonds. The number of hydrogen-bond acceptors (Lipinski definition) is 2. The smallest absolute Gasteiger partial charge is 0.170 e. The normalized spacial score (nSPS) is 16.9. The van der Waals surface area contributed by atoms with Gasteiger partial charge in [0.2, 0.25) is 0 Å². The van der Waals surface area contributed by atoms with Crippen LogP contribution in [0.15, 0.2) is 42.5 Å². The highest BCUT2D eigenvalue weighted by Gasteiger charge is 2.33. The largest absolute Gasteiger partial charge is 0.362 e. The van der Waals surface area contributed by atoms with Crippen molar-refractivity contribution < 1.29 is 13.2 Å². The average molecular weight is 382 g/mol. The van der Waals surface area contributed by atoms with Gasteiger partial charge in [0.05, 0.1) is 5.56 Å². The highest BCUT2D eigenvalue weighted by Crippen LogP contribution is 2.40. The predicted octanol–water partition coefficient (Wildman–Crippen LogP) is 4.27. The zero-order valence-corrected chi connectivity index (χ0v) is 15.0. The summed E-state index contributed by atoms with van der Waals surface area (Å²) >= 11 is 6.79. The fraction of sp³-hybridized carbons (Fsp3) is 0.278. The second-order valence-corrected chi connectivity index (χ2v) is 7.24. The molecule has 0 spiro atoms. The Morgan fingerprint density at radius 3 is 2.52 bits per heavy atom. The summed E-state index contributed by atoms with van der Waals surface area (Å²) in [5.41, 5.74) is 1.04. The summed E-state index contributed by atoms with van der Waals surface area (Å²) in [5, 5.41) is 3.02. The molecular formula is C18H17F3N2S2. The van der Waals surface area contributed by atoms with Crippen molar-refractivity contribution in [2.75, 3.05) is 18.8 Å². The summed E-state index contributed by atoms with van der Waals surface area (Å²) in [7, 11) is 0. The Bertz CT molecular complexity index is 732. The summed E-state index contributed by atoms with van der Waals surface area (Å²) < 4.78 is 41.3. The van der Waals surface area contributed by atoms with Gasteiger partial charge >= 0.3 is 0 Å². The zero-order chi connectivity index (χ0) is 17.8. The first-order valence-corrected chi connectivity index (χ1v) is 9.36. The topological polar surface area (TPSA) is 15.3 Å². The van der Waals surface area contributed by atoms with Crippen molar-refractivity contribution in [2.24, 2.45) is 0 Å². The van der Waals surface area contributed by atoms with Crippen molar-refractivity contribution >= 4 is 29.1 Å². The van der Waals surface area contributed by atoms with Gasteiger partial charge < -0.3 is 10.2 Å². The van der Waals surface area contributed by atoms with Crippen LogP contribution in [0.25, 0.3) is 0 Å². The van der Waals surface area contributed by atoms with Crippen LogP contribution < -0.4 is 5.32 Å². The van der Waals surface area contributed by atoms with E-state index in [1.807, 2.05) is 30.3 Å². The van der Waals surface area contributed by atoms with Crippen molar-refractivity contribution in [1.82, 2.24) is 10.2 Å². The molecule has 1 aliphatic heterocycles. The lowest BCUT2D eigenvalue weighted by Crippen LogP contribution is -2.40. The average Bonchev–Trinajstić information content (AvgIpc) is 3.04. The van der Waals surface area contributed by atoms with Crippen molar-refractivity contribution in [1.29, 1.82) is 0 Å². The first kappa shape index (κ1) is 18.1. The van der Waals surface area contributed by atoms with Crippen LogP contribution in [0, 0.1) is 17.5 Å². The molecule has 2 aromatic carbocycles. The lowest BCUT2D eigenvalue weighted by Gasteiger charge is -2.27. The molecule has 3 rings (SSSR count). The third-order valence-corrected chi connectivity index (χ3v) is 5.58. The molecule has 132 valence electrons. The summed E-state index contributed by atoms with van der Waals surface area (Å²) in [5.74, 6) is -1.98. The van der Waals surface area contributed by atoms with E-state index in [0.717, 1.165) is 6.42 Å². The van der Waals surface area contributed by atoms with E-state index in [1.165, 1.54) is 17.3 Å². The Morgan fingerprint density at radius 2 is 1.84 bits per heavy atom. The standard InChI is InChI=1S/C18H17F3N2S2/c19-13-10-14(20)16(15(21)11-13)17-23(8-9-25-17)18(24)22-7-6-12-4-2-1-3-5-12/h1-5,10-11,17H,6-9H2,(H,22,24)/t17-/m0/s1. The van der Waals surface area contributed by atoms with E-state index in [1.54, 1.807) is 4.90 Å². The minimum Gasteiger partial charge on any atom is -0.362 e. The van der Waals surface area contributed by atoms with E-state index in [0.29, 0.717) is 36.1 Å². The van der Waals surface area contributed by atoms with Gasteiger partial charge in [-0.1, -0.05) is 30.3 Å². The lowest BCUT2D eigenvalue weighted by atomic mass is 10.1. The summed E-state index contributed by atoms with van der Waals surface area (Å²) in [6.45, 7) is 1.22. The fourth-order valence-electron chi connectivity index (χ4n) is 2.77. The molecule has 25 heavy (non-hydrogen) atoms. The van der Waals surface area contributed by atoms with E-state index in [-0.39, 0.29) is 5.56 Å². The van der Waals surface area contributed by atoms with Gasteiger partial charge in [-0.2, -0.15) is 0 Å². The summed E-state index contributed by atoms with van der Waals surface area (Å²) in [6.07, 6.45) is 0.798. The SMILES string of the molecule is Fc1cc(F)c([C@@H]2SCCN2C(=S)NCCc2ccccc2)c(F)c1. The third kappa shape index (κ3) is 4.27. The van der Waals surface area contributed by atoms with Crippen molar-refractivity contribution in [3.63, 3.8) is 0 Å². The molecule has 7 heteroatoms. The molecule has 1 aliphatic rings. The minimum absolute atomic E-state index is 0.142. The van der Waals surface area contributed by atoms with Crippen LogP contribution in [-0.2, 0) is 6.42 Å². The first-order valence-electron chi connectivity index (χ1n) is 7.90. The first-order chi connectivity index (χ1) is 12.1. The highest BCUT2D eigenvalue weighted by atomic mass is 32.2. The van der Waals surface area contributed by atoms with Crippen molar-refractivity contribution in [3.8, 4) is 0 Å². The van der Waals surface area contributed by atoms with Gasteiger partial charge in [-0.3, -0.25) is 0 Å². The fourth-order valence-corrected chi connectivity index (χ4v) is 4.44. The van der Waals surface area contributed by atoms with Gasteiger partial charge in [0, 0.05) is 31.0 Å². The number of rotatable bonds is 4. The number of thioether (sulfide) groups is 1. The summed E-state index contributed by atoms with van der Waals surface area (Å²) in [6, 6.07) is 11.4. The maximum absolute atomic E-state index is 14.1. The van der Waals surface area contributed by atoms with E-state index in [4.69, 9.17) is 12.2 Å². The number of thiocarbonyl (C=S) groups is 1. The monoisotopic (exact) mass is 382 g/mol. The van der Waals surface area contributed by atoms with Gasteiger partial charge in [0.25, 0.3) is 0 Å². The Balaban J connectivity index is 1.66. The van der Waals surface area contributed by atoms with Crippen molar-refractivity contribution in [2.45, 2.75) is 11.8 Å². The van der Waals surface area contributed by atoms with Gasteiger partial charge in [-0.25, -0.2) is 13.2 Å². The second kappa shape index (κ2) is 8.10. The molecule has 1 saturated heterocycles. The molecule has 0 bridgehead atoms. The second-order valence-electron chi connectivity index (χ2n) is 5.67. The number of hydrogen-bond donors (Lipinski definition) is 1. The maximum Gasteiger partial charge on any atom is 0.170 e. The molecule has 1 fully saturated rings. The van der Waals surface area contributed by atoms with Gasteiger partial charge in [-0.15, -0.1) is 11.8 Å². The van der Waals surface area contributed by atoms with Crippen LogP contribution in [0.1, 0.15) is 16.5 Å². The highest BCUT2D eigenvalue weighted by molar-refractivity contribution is 7.99. The Hall–Kier alpha value is -1.73. The third-order valence-electron chi connectivity index (χ3n) is 3.98. The van der Waals surface area contributed by atoms with Crippen LogP contribution in [-0.4, -0.2) is 28.9 Å².